The average molecular weight is 293 g/mol. The fourth-order valence-corrected chi connectivity index (χ4v) is 3.59. The van der Waals surface area contributed by atoms with Gasteiger partial charge in [-0.3, -0.25) is 0 Å². The first-order chi connectivity index (χ1) is 9.61. The highest BCUT2D eigenvalue weighted by atomic mass is 32.2. The Morgan fingerprint density at radius 1 is 1.30 bits per heavy atom. The van der Waals surface area contributed by atoms with Crippen molar-refractivity contribution >= 4 is 10.0 Å². The molecule has 1 aromatic rings. The van der Waals surface area contributed by atoms with Crippen molar-refractivity contribution in [3.8, 4) is 6.07 Å². The van der Waals surface area contributed by atoms with Gasteiger partial charge in [-0.1, -0.05) is 18.2 Å². The van der Waals surface area contributed by atoms with Crippen LogP contribution >= 0.6 is 0 Å². The molecule has 108 valence electrons. The highest BCUT2D eigenvalue weighted by molar-refractivity contribution is 7.88. The monoisotopic (exact) mass is 293 g/mol. The fourth-order valence-electron chi connectivity index (χ4n) is 2.34. The molecular formula is C14H19N3O2S. The number of hydrogen-bond acceptors (Lipinski definition) is 4. The summed E-state index contributed by atoms with van der Waals surface area (Å²) in [6, 6.07) is 8.82. The minimum Gasteiger partial charge on any atom is -0.317 e. The van der Waals surface area contributed by atoms with E-state index >= 15 is 0 Å². The minimum absolute atomic E-state index is 0.137. The molecule has 0 radical (unpaired) electrons. The molecule has 0 spiro atoms. The van der Waals surface area contributed by atoms with Gasteiger partial charge >= 0.3 is 0 Å². The Hall–Kier alpha value is -1.42. The lowest BCUT2D eigenvalue weighted by molar-refractivity contribution is 0.372. The van der Waals surface area contributed by atoms with Crippen molar-refractivity contribution < 1.29 is 8.42 Å². The standard InChI is InChI=1S/C14H19N3O2S/c15-9-13-3-1-2-4-14(13)11-20(18,19)17-10-12-5-7-16-8-6-12/h1-4,12,16-17H,5-8,10-11H2. The molecule has 1 aliphatic heterocycles. The summed E-state index contributed by atoms with van der Waals surface area (Å²) in [5.74, 6) is 0.263. The Labute approximate surface area is 120 Å². The summed E-state index contributed by atoms with van der Waals surface area (Å²) >= 11 is 0. The summed E-state index contributed by atoms with van der Waals surface area (Å²) in [5, 5.41) is 12.2. The van der Waals surface area contributed by atoms with Gasteiger partial charge in [-0.15, -0.1) is 0 Å². The second-order valence-electron chi connectivity index (χ2n) is 5.07. The van der Waals surface area contributed by atoms with Crippen molar-refractivity contribution in [1.29, 1.82) is 5.26 Å². The SMILES string of the molecule is N#Cc1ccccc1CS(=O)(=O)NCC1CCNCC1. The largest absolute Gasteiger partial charge is 0.317 e. The first kappa shape index (κ1) is 15.0. The van der Waals surface area contributed by atoms with Crippen molar-refractivity contribution in [3.05, 3.63) is 35.4 Å². The van der Waals surface area contributed by atoms with E-state index in [0.29, 0.717) is 23.6 Å². The Morgan fingerprint density at radius 3 is 2.70 bits per heavy atom. The van der Waals surface area contributed by atoms with E-state index in [4.69, 9.17) is 5.26 Å². The van der Waals surface area contributed by atoms with Crippen LogP contribution < -0.4 is 10.0 Å². The molecule has 0 unspecified atom stereocenters. The van der Waals surface area contributed by atoms with Crippen molar-refractivity contribution in [2.24, 2.45) is 5.92 Å². The number of nitrogens with zero attached hydrogens (tertiary/aromatic N) is 1. The van der Waals surface area contributed by atoms with Gasteiger partial charge in [0, 0.05) is 6.54 Å². The van der Waals surface area contributed by atoms with Gasteiger partial charge in [-0.2, -0.15) is 5.26 Å². The lowest BCUT2D eigenvalue weighted by Gasteiger charge is -2.22. The Morgan fingerprint density at radius 2 is 2.00 bits per heavy atom. The second-order valence-corrected chi connectivity index (χ2v) is 6.88. The van der Waals surface area contributed by atoms with Gasteiger partial charge in [0.25, 0.3) is 0 Å². The highest BCUT2D eigenvalue weighted by Gasteiger charge is 2.18. The lowest BCUT2D eigenvalue weighted by Crippen LogP contribution is -2.36. The van der Waals surface area contributed by atoms with Crippen molar-refractivity contribution in [3.63, 3.8) is 0 Å². The maximum absolute atomic E-state index is 12.1. The van der Waals surface area contributed by atoms with Crippen LogP contribution in [0.3, 0.4) is 0 Å². The number of nitriles is 1. The van der Waals surface area contributed by atoms with Crippen molar-refractivity contribution in [1.82, 2.24) is 10.0 Å². The minimum atomic E-state index is -3.39. The number of hydrogen-bond donors (Lipinski definition) is 2. The highest BCUT2D eigenvalue weighted by Crippen LogP contribution is 2.13. The summed E-state index contributed by atoms with van der Waals surface area (Å²) in [6.07, 6.45) is 1.99. The molecule has 1 heterocycles. The number of rotatable bonds is 5. The van der Waals surface area contributed by atoms with E-state index in [-0.39, 0.29) is 5.75 Å². The molecule has 0 atom stereocenters. The number of benzene rings is 1. The van der Waals surface area contributed by atoms with Crippen LogP contribution in [-0.2, 0) is 15.8 Å². The van der Waals surface area contributed by atoms with Crippen LogP contribution in [-0.4, -0.2) is 28.1 Å². The predicted molar refractivity (Wildman–Crippen MR) is 77.4 cm³/mol. The summed E-state index contributed by atoms with van der Waals surface area (Å²) in [4.78, 5) is 0. The topological polar surface area (TPSA) is 82.0 Å². The summed E-state index contributed by atoms with van der Waals surface area (Å²) in [5.41, 5.74) is 0.965. The van der Waals surface area contributed by atoms with E-state index in [1.165, 1.54) is 0 Å². The fraction of sp³-hybridized carbons (Fsp3) is 0.500. The predicted octanol–water partition coefficient (Wildman–Crippen LogP) is 0.977. The molecule has 0 bridgehead atoms. The lowest BCUT2D eigenvalue weighted by atomic mass is 9.99. The smallest absolute Gasteiger partial charge is 0.215 e. The molecule has 5 nitrogen and oxygen atoms in total. The molecule has 2 rings (SSSR count). The molecular weight excluding hydrogens is 274 g/mol. The van der Waals surface area contributed by atoms with E-state index in [1.807, 2.05) is 6.07 Å². The van der Waals surface area contributed by atoms with Gasteiger partial charge in [0.05, 0.1) is 17.4 Å². The van der Waals surface area contributed by atoms with Gasteiger partial charge < -0.3 is 5.32 Å². The van der Waals surface area contributed by atoms with Gasteiger partial charge in [-0.05, 0) is 43.5 Å². The molecule has 1 saturated heterocycles. The van der Waals surface area contributed by atoms with Gasteiger partial charge in [0.2, 0.25) is 10.0 Å². The molecule has 2 N–H and O–H groups in total. The third-order valence-electron chi connectivity index (χ3n) is 3.53. The van der Waals surface area contributed by atoms with Gasteiger partial charge in [0.1, 0.15) is 0 Å². The molecule has 0 aliphatic carbocycles. The molecule has 0 amide bonds. The first-order valence-corrected chi connectivity index (χ1v) is 8.42. The van der Waals surface area contributed by atoms with Gasteiger partial charge in [-0.25, -0.2) is 13.1 Å². The number of sulfonamides is 1. The maximum atomic E-state index is 12.1. The van der Waals surface area contributed by atoms with E-state index < -0.39 is 10.0 Å². The molecule has 0 saturated carbocycles. The van der Waals surface area contributed by atoms with E-state index in [0.717, 1.165) is 25.9 Å². The van der Waals surface area contributed by atoms with Gasteiger partial charge in [0.15, 0.2) is 0 Å². The molecule has 20 heavy (non-hydrogen) atoms. The normalized spacial score (nSPS) is 16.8. The van der Waals surface area contributed by atoms with Crippen molar-refractivity contribution in [2.45, 2.75) is 18.6 Å². The first-order valence-electron chi connectivity index (χ1n) is 6.77. The third-order valence-corrected chi connectivity index (χ3v) is 4.83. The van der Waals surface area contributed by atoms with Crippen LogP contribution in [0.25, 0.3) is 0 Å². The number of piperidine rings is 1. The average Bonchev–Trinajstić information content (AvgIpc) is 2.47. The Balaban J connectivity index is 1.95. The molecule has 1 aromatic carbocycles. The van der Waals surface area contributed by atoms with Crippen LogP contribution in [0.2, 0.25) is 0 Å². The number of nitrogens with one attached hydrogen (secondary N) is 2. The molecule has 1 aliphatic rings. The summed E-state index contributed by atoms with van der Waals surface area (Å²) in [6.45, 7) is 2.38. The van der Waals surface area contributed by atoms with E-state index in [1.54, 1.807) is 24.3 Å². The van der Waals surface area contributed by atoms with Crippen LogP contribution in [0.5, 0.6) is 0 Å². The third kappa shape index (κ3) is 4.30. The summed E-state index contributed by atoms with van der Waals surface area (Å²) in [7, 11) is -3.39. The zero-order valence-electron chi connectivity index (χ0n) is 11.3. The summed E-state index contributed by atoms with van der Waals surface area (Å²) < 4.78 is 26.8. The molecule has 0 aromatic heterocycles. The van der Waals surface area contributed by atoms with Crippen LogP contribution in [0, 0.1) is 17.2 Å². The quantitative estimate of drug-likeness (QED) is 0.848. The Bertz CT molecular complexity index is 587. The zero-order chi connectivity index (χ0) is 14.4. The van der Waals surface area contributed by atoms with E-state index in [2.05, 4.69) is 10.0 Å². The Kier molecular flexibility index (Phi) is 5.12. The van der Waals surface area contributed by atoms with Crippen LogP contribution in [0.1, 0.15) is 24.0 Å². The zero-order valence-corrected chi connectivity index (χ0v) is 12.1. The molecule has 1 fully saturated rings. The maximum Gasteiger partial charge on any atom is 0.215 e. The molecule has 6 heteroatoms. The van der Waals surface area contributed by atoms with Crippen LogP contribution in [0.4, 0.5) is 0 Å². The van der Waals surface area contributed by atoms with E-state index in [9.17, 15) is 8.42 Å². The van der Waals surface area contributed by atoms with Crippen molar-refractivity contribution in [2.75, 3.05) is 19.6 Å². The van der Waals surface area contributed by atoms with Crippen LogP contribution in [0.15, 0.2) is 24.3 Å². The second kappa shape index (κ2) is 6.84.